The van der Waals surface area contributed by atoms with Gasteiger partial charge in [0.05, 0.1) is 39.9 Å². The Kier molecular flexibility index (Phi) is 35.9. The second kappa shape index (κ2) is 36.6. The summed E-state index contributed by atoms with van der Waals surface area (Å²) < 4.78 is 23.6. The zero-order valence-corrected chi connectivity index (χ0v) is 36.4. The van der Waals surface area contributed by atoms with Gasteiger partial charge in [-0.3, -0.25) is 13.8 Å². The van der Waals surface area contributed by atoms with Gasteiger partial charge in [-0.05, 0) is 38.5 Å². The molecule has 0 aromatic carbocycles. The fraction of sp³-hybridized carbons (Fsp3) is 0.886. The van der Waals surface area contributed by atoms with Gasteiger partial charge in [0.15, 0.2) is 0 Å². The first-order chi connectivity index (χ1) is 25.5. The van der Waals surface area contributed by atoms with E-state index in [1.165, 1.54) is 122 Å². The standard InChI is InChI=1S/C44H87N2O6P/c1-6-8-10-12-14-16-18-20-22-24-25-27-29-31-33-35-37-43(47)42(41-52-53(49,50)51-40-39-46(3,4)5)45-44(48)38-36-34-32-30-28-26-23-21-19-17-15-13-11-9-7-2/h15,17,19,21,42-43,47H,6-14,16,18,20,22-41H2,1-5H3,(H-,45,48,49,50)/p+1/b17-15-,21-19-. The van der Waals surface area contributed by atoms with Crippen LogP contribution in [0.15, 0.2) is 24.3 Å². The molecule has 0 heterocycles. The Morgan fingerprint density at radius 2 is 1.06 bits per heavy atom. The van der Waals surface area contributed by atoms with Crippen molar-refractivity contribution in [2.45, 2.75) is 212 Å². The van der Waals surface area contributed by atoms with Crippen molar-refractivity contribution >= 4 is 13.7 Å². The van der Waals surface area contributed by atoms with Gasteiger partial charge in [0.25, 0.3) is 0 Å². The third-order valence-electron chi connectivity index (χ3n) is 9.98. The number of carbonyl (C=O) groups excluding carboxylic acids is 1. The Labute approximate surface area is 328 Å². The van der Waals surface area contributed by atoms with Crippen LogP contribution in [0.4, 0.5) is 0 Å². The van der Waals surface area contributed by atoms with E-state index in [1.54, 1.807) is 0 Å². The number of unbranched alkanes of at least 4 members (excludes halogenated alkanes) is 24. The Morgan fingerprint density at radius 3 is 1.55 bits per heavy atom. The van der Waals surface area contributed by atoms with Crippen LogP contribution in [0.1, 0.15) is 200 Å². The second-order valence-electron chi connectivity index (χ2n) is 16.5. The zero-order chi connectivity index (χ0) is 39.3. The smallest absolute Gasteiger partial charge is 0.391 e. The van der Waals surface area contributed by atoms with Gasteiger partial charge in [0, 0.05) is 6.42 Å². The van der Waals surface area contributed by atoms with E-state index in [0.29, 0.717) is 23.9 Å². The van der Waals surface area contributed by atoms with E-state index in [9.17, 15) is 19.4 Å². The summed E-state index contributed by atoms with van der Waals surface area (Å²) in [5.41, 5.74) is 0. The topological polar surface area (TPSA) is 105 Å². The normalized spacial score (nSPS) is 14.6. The average Bonchev–Trinajstić information content (AvgIpc) is 3.10. The molecular formula is C44H88N2O6P+. The molecule has 3 unspecified atom stereocenters. The van der Waals surface area contributed by atoms with Crippen LogP contribution in [0, 0.1) is 0 Å². The molecule has 0 aliphatic rings. The molecule has 8 nitrogen and oxygen atoms in total. The third-order valence-corrected chi connectivity index (χ3v) is 11.0. The van der Waals surface area contributed by atoms with Crippen molar-refractivity contribution in [3.05, 3.63) is 24.3 Å². The van der Waals surface area contributed by atoms with Gasteiger partial charge >= 0.3 is 7.82 Å². The van der Waals surface area contributed by atoms with E-state index in [-0.39, 0.29) is 19.1 Å². The first-order valence-electron chi connectivity index (χ1n) is 22.2. The number of aliphatic hydroxyl groups excluding tert-OH is 1. The molecule has 0 aromatic heterocycles. The summed E-state index contributed by atoms with van der Waals surface area (Å²) in [6.45, 7) is 4.85. The molecule has 0 aliphatic carbocycles. The molecule has 0 spiro atoms. The van der Waals surface area contributed by atoms with Crippen LogP contribution >= 0.6 is 7.82 Å². The van der Waals surface area contributed by atoms with E-state index in [0.717, 1.165) is 51.4 Å². The number of rotatable bonds is 40. The molecule has 0 bridgehead atoms. The highest BCUT2D eigenvalue weighted by Gasteiger charge is 2.28. The lowest BCUT2D eigenvalue weighted by atomic mass is 10.0. The minimum absolute atomic E-state index is 0.0727. The van der Waals surface area contributed by atoms with E-state index < -0.39 is 20.0 Å². The van der Waals surface area contributed by atoms with E-state index in [2.05, 4.69) is 43.5 Å². The summed E-state index contributed by atoms with van der Waals surface area (Å²) in [5, 5.41) is 13.9. The maximum atomic E-state index is 12.9. The molecule has 0 aliphatic heterocycles. The van der Waals surface area contributed by atoms with Crippen LogP contribution in [0.5, 0.6) is 0 Å². The summed E-state index contributed by atoms with van der Waals surface area (Å²) >= 11 is 0. The molecule has 53 heavy (non-hydrogen) atoms. The van der Waals surface area contributed by atoms with Crippen molar-refractivity contribution in [1.82, 2.24) is 5.32 Å². The molecular weight excluding hydrogens is 683 g/mol. The van der Waals surface area contributed by atoms with E-state index in [4.69, 9.17) is 9.05 Å². The minimum Gasteiger partial charge on any atom is -0.391 e. The summed E-state index contributed by atoms with van der Waals surface area (Å²) in [7, 11) is 1.61. The number of likely N-dealkylation sites (N-methyl/N-ethyl adjacent to an activating group) is 1. The predicted octanol–water partition coefficient (Wildman–Crippen LogP) is 12.1. The Balaban J connectivity index is 4.39. The molecule has 0 fully saturated rings. The number of phosphoric acid groups is 1. The van der Waals surface area contributed by atoms with Crippen LogP contribution in [0.3, 0.4) is 0 Å². The number of hydrogen-bond donors (Lipinski definition) is 3. The fourth-order valence-corrected chi connectivity index (χ4v) is 7.12. The van der Waals surface area contributed by atoms with Crippen LogP contribution in [0.25, 0.3) is 0 Å². The molecule has 314 valence electrons. The van der Waals surface area contributed by atoms with Crippen molar-refractivity contribution in [3.8, 4) is 0 Å². The number of carbonyl (C=O) groups is 1. The van der Waals surface area contributed by atoms with Crippen LogP contribution in [-0.2, 0) is 18.4 Å². The quantitative estimate of drug-likeness (QED) is 0.0248. The van der Waals surface area contributed by atoms with Crippen molar-refractivity contribution in [1.29, 1.82) is 0 Å². The lowest BCUT2D eigenvalue weighted by Crippen LogP contribution is -2.46. The zero-order valence-electron chi connectivity index (χ0n) is 35.5. The number of phosphoric ester groups is 1. The van der Waals surface area contributed by atoms with Crippen molar-refractivity contribution < 1.29 is 32.9 Å². The molecule has 0 radical (unpaired) electrons. The highest BCUT2D eigenvalue weighted by Crippen LogP contribution is 2.43. The van der Waals surface area contributed by atoms with Crippen LogP contribution < -0.4 is 5.32 Å². The van der Waals surface area contributed by atoms with Crippen LogP contribution in [0.2, 0.25) is 0 Å². The molecule has 3 N–H and O–H groups in total. The fourth-order valence-electron chi connectivity index (χ4n) is 6.39. The van der Waals surface area contributed by atoms with E-state index >= 15 is 0 Å². The molecule has 3 atom stereocenters. The van der Waals surface area contributed by atoms with E-state index in [1.807, 2.05) is 21.1 Å². The van der Waals surface area contributed by atoms with Gasteiger partial charge in [-0.25, -0.2) is 4.57 Å². The number of amides is 1. The molecule has 1 amide bonds. The van der Waals surface area contributed by atoms with Crippen molar-refractivity contribution in [2.24, 2.45) is 0 Å². The largest absolute Gasteiger partial charge is 0.472 e. The summed E-state index contributed by atoms with van der Waals surface area (Å²) in [6.07, 6.45) is 41.9. The lowest BCUT2D eigenvalue weighted by molar-refractivity contribution is -0.870. The van der Waals surface area contributed by atoms with Gasteiger partial charge in [0.1, 0.15) is 13.2 Å². The molecule has 0 saturated heterocycles. The lowest BCUT2D eigenvalue weighted by Gasteiger charge is -2.26. The number of allylic oxidation sites excluding steroid dienone is 4. The number of hydrogen-bond acceptors (Lipinski definition) is 5. The SMILES string of the molecule is CCCCC/C=C\C=C/CCCCCCCCC(=O)NC(COP(=O)(O)OCC[N+](C)(C)C)C(O)CCCCCCCCCCCCCCCCCC. The first kappa shape index (κ1) is 52.0. The Bertz CT molecular complexity index is 922. The molecule has 9 heteroatoms. The summed E-state index contributed by atoms with van der Waals surface area (Å²) in [4.78, 5) is 23.1. The Hall–Kier alpha value is -1.02. The van der Waals surface area contributed by atoms with Gasteiger partial charge in [-0.15, -0.1) is 0 Å². The summed E-state index contributed by atoms with van der Waals surface area (Å²) in [6, 6.07) is -0.763. The maximum absolute atomic E-state index is 12.9. The van der Waals surface area contributed by atoms with Crippen LogP contribution in [-0.4, -0.2) is 73.4 Å². The van der Waals surface area contributed by atoms with Gasteiger partial charge < -0.3 is 19.8 Å². The van der Waals surface area contributed by atoms with Crippen molar-refractivity contribution in [2.75, 3.05) is 40.9 Å². The molecule has 0 saturated carbocycles. The molecule has 0 aromatic rings. The average molecular weight is 772 g/mol. The van der Waals surface area contributed by atoms with Gasteiger partial charge in [0.2, 0.25) is 5.91 Å². The molecule has 0 rings (SSSR count). The summed E-state index contributed by atoms with van der Waals surface area (Å²) in [5.74, 6) is -0.156. The van der Waals surface area contributed by atoms with Gasteiger partial charge in [-0.2, -0.15) is 0 Å². The highest BCUT2D eigenvalue weighted by molar-refractivity contribution is 7.47. The minimum atomic E-state index is -4.31. The number of quaternary nitrogens is 1. The second-order valence-corrected chi connectivity index (χ2v) is 17.9. The van der Waals surface area contributed by atoms with Crippen molar-refractivity contribution in [3.63, 3.8) is 0 Å². The van der Waals surface area contributed by atoms with Gasteiger partial charge in [-0.1, -0.05) is 179 Å². The number of nitrogens with one attached hydrogen (secondary N) is 1. The number of nitrogens with zero attached hydrogens (tertiary/aromatic N) is 1. The Morgan fingerprint density at radius 1 is 0.642 bits per heavy atom. The number of aliphatic hydroxyl groups is 1. The third kappa shape index (κ3) is 39.0. The monoisotopic (exact) mass is 772 g/mol. The first-order valence-corrected chi connectivity index (χ1v) is 23.7. The predicted molar refractivity (Wildman–Crippen MR) is 226 cm³/mol. The highest BCUT2D eigenvalue weighted by atomic mass is 31.2. The maximum Gasteiger partial charge on any atom is 0.472 e.